The number of sulfonamides is 1. The molecule has 0 unspecified atom stereocenters. The average Bonchev–Trinajstić information content (AvgIpc) is 2.88. The lowest BCUT2D eigenvalue weighted by Crippen LogP contribution is -2.54. The molecule has 8 heteroatoms. The summed E-state index contributed by atoms with van der Waals surface area (Å²) in [4.78, 5) is 0.290. The van der Waals surface area contributed by atoms with Gasteiger partial charge in [0.25, 0.3) is 0 Å². The summed E-state index contributed by atoms with van der Waals surface area (Å²) in [6.45, 7) is 1.86. The van der Waals surface area contributed by atoms with Crippen LogP contribution in [-0.4, -0.2) is 47.7 Å². The molecule has 0 bridgehead atoms. The van der Waals surface area contributed by atoms with Gasteiger partial charge in [0.05, 0.1) is 6.20 Å². The number of hydrogen-bond donors (Lipinski definition) is 1. The smallest absolute Gasteiger partial charge is 0.246 e. The van der Waals surface area contributed by atoms with Gasteiger partial charge in [-0.05, 0) is 12.8 Å². The van der Waals surface area contributed by atoms with Crippen LogP contribution in [0, 0.1) is 0 Å². The van der Waals surface area contributed by atoms with Gasteiger partial charge in [-0.1, -0.05) is 0 Å². The van der Waals surface area contributed by atoms with Gasteiger partial charge in [-0.3, -0.25) is 4.68 Å². The molecule has 1 aromatic heterocycles. The number of rotatable bonds is 2. The van der Waals surface area contributed by atoms with Crippen molar-refractivity contribution in [2.75, 3.05) is 19.6 Å². The van der Waals surface area contributed by atoms with Crippen LogP contribution in [0.1, 0.15) is 12.8 Å². The summed E-state index contributed by atoms with van der Waals surface area (Å²) in [6, 6.07) is 0. The van der Waals surface area contributed by atoms with E-state index in [2.05, 4.69) is 10.4 Å². The molecule has 1 aliphatic carbocycles. The Bertz CT molecular complexity index is 538. The first-order chi connectivity index (χ1) is 8.02. The van der Waals surface area contributed by atoms with E-state index in [1.54, 1.807) is 17.5 Å². The van der Waals surface area contributed by atoms with Crippen LogP contribution >= 0.6 is 12.4 Å². The summed E-state index contributed by atoms with van der Waals surface area (Å²) in [6.07, 6.45) is 5.12. The lowest BCUT2D eigenvalue weighted by Gasteiger charge is -2.32. The molecule has 0 atom stereocenters. The second-order valence-electron chi connectivity index (χ2n) is 4.90. The molecular weight excluding hydrogens is 276 g/mol. The molecule has 3 rings (SSSR count). The largest absolute Gasteiger partial charge is 0.309 e. The number of aryl methyl sites for hydroxylation is 1. The van der Waals surface area contributed by atoms with Gasteiger partial charge in [-0.15, -0.1) is 12.4 Å². The molecule has 18 heavy (non-hydrogen) atoms. The van der Waals surface area contributed by atoms with Crippen molar-refractivity contribution in [1.82, 2.24) is 19.4 Å². The van der Waals surface area contributed by atoms with Gasteiger partial charge in [0.15, 0.2) is 0 Å². The molecule has 1 saturated heterocycles. The first-order valence-electron chi connectivity index (χ1n) is 5.76. The zero-order valence-corrected chi connectivity index (χ0v) is 11.8. The zero-order valence-electron chi connectivity index (χ0n) is 10.2. The second kappa shape index (κ2) is 4.48. The predicted molar refractivity (Wildman–Crippen MR) is 69.2 cm³/mol. The van der Waals surface area contributed by atoms with Crippen molar-refractivity contribution >= 4 is 22.4 Å². The minimum atomic E-state index is -3.36. The fourth-order valence-electron chi connectivity index (χ4n) is 2.29. The van der Waals surface area contributed by atoms with E-state index in [1.165, 1.54) is 10.9 Å². The molecule has 0 aromatic carbocycles. The summed E-state index contributed by atoms with van der Waals surface area (Å²) in [5, 5.41) is 7.33. The number of halogens is 1. The van der Waals surface area contributed by atoms with Crippen molar-refractivity contribution < 1.29 is 8.42 Å². The molecule has 1 N–H and O–H groups in total. The van der Waals surface area contributed by atoms with Crippen molar-refractivity contribution in [1.29, 1.82) is 0 Å². The highest BCUT2D eigenvalue weighted by molar-refractivity contribution is 7.89. The first kappa shape index (κ1) is 13.8. The van der Waals surface area contributed by atoms with Gasteiger partial charge in [-0.25, -0.2) is 8.42 Å². The van der Waals surface area contributed by atoms with Gasteiger partial charge < -0.3 is 5.32 Å². The minimum Gasteiger partial charge on any atom is -0.309 e. The lowest BCUT2D eigenvalue weighted by molar-refractivity contribution is 0.285. The van der Waals surface area contributed by atoms with Crippen LogP contribution in [0.3, 0.4) is 0 Å². The van der Waals surface area contributed by atoms with Crippen molar-refractivity contribution in [3.8, 4) is 0 Å². The molecule has 2 heterocycles. The average molecular weight is 293 g/mol. The van der Waals surface area contributed by atoms with Crippen LogP contribution in [0.4, 0.5) is 0 Å². The summed E-state index contributed by atoms with van der Waals surface area (Å²) in [7, 11) is -1.64. The Kier molecular flexibility index (Phi) is 3.44. The Morgan fingerprint density at radius 3 is 2.72 bits per heavy atom. The quantitative estimate of drug-likeness (QED) is 0.831. The molecule has 0 radical (unpaired) electrons. The Balaban J connectivity index is 0.00000120. The highest BCUT2D eigenvalue weighted by Crippen LogP contribution is 2.38. The van der Waals surface area contributed by atoms with Gasteiger partial charge >= 0.3 is 0 Å². The third kappa shape index (κ3) is 2.27. The topological polar surface area (TPSA) is 67.2 Å². The first-order valence-corrected chi connectivity index (χ1v) is 7.20. The van der Waals surface area contributed by atoms with Gasteiger partial charge in [0.2, 0.25) is 10.0 Å². The fourth-order valence-corrected chi connectivity index (χ4v) is 3.80. The standard InChI is InChI=1S/C10H16N4O2S.ClH/c1-13-7-9(6-12-13)17(15,16)14-5-4-11-10(8-14)2-3-10;/h6-7,11H,2-5,8H2,1H3;1H. The van der Waals surface area contributed by atoms with Crippen LogP contribution in [0.2, 0.25) is 0 Å². The van der Waals surface area contributed by atoms with Crippen LogP contribution < -0.4 is 5.32 Å². The monoisotopic (exact) mass is 292 g/mol. The minimum absolute atomic E-state index is 0. The molecule has 2 fully saturated rings. The number of hydrogen-bond acceptors (Lipinski definition) is 4. The van der Waals surface area contributed by atoms with E-state index in [1.807, 2.05) is 0 Å². The summed E-state index contributed by atoms with van der Waals surface area (Å²) in [5.41, 5.74) is 0.0630. The fraction of sp³-hybridized carbons (Fsp3) is 0.700. The lowest BCUT2D eigenvalue weighted by atomic mass is 10.2. The Morgan fingerprint density at radius 1 is 1.44 bits per heavy atom. The summed E-state index contributed by atoms with van der Waals surface area (Å²) < 4.78 is 27.8. The maximum Gasteiger partial charge on any atom is 0.246 e. The van der Waals surface area contributed by atoms with Crippen molar-refractivity contribution in [2.45, 2.75) is 23.3 Å². The van der Waals surface area contributed by atoms with Crippen LogP contribution in [0.5, 0.6) is 0 Å². The van der Waals surface area contributed by atoms with E-state index >= 15 is 0 Å². The van der Waals surface area contributed by atoms with Crippen LogP contribution in [-0.2, 0) is 17.1 Å². The maximum atomic E-state index is 12.4. The normalized spacial score (nSPS) is 22.7. The molecule has 2 aliphatic rings. The number of piperazine rings is 1. The summed E-state index contributed by atoms with van der Waals surface area (Å²) in [5.74, 6) is 0. The van der Waals surface area contributed by atoms with Gasteiger partial charge in [-0.2, -0.15) is 9.40 Å². The third-order valence-electron chi connectivity index (χ3n) is 3.51. The Morgan fingerprint density at radius 2 is 2.17 bits per heavy atom. The molecule has 102 valence electrons. The highest BCUT2D eigenvalue weighted by Gasteiger charge is 2.48. The van der Waals surface area contributed by atoms with E-state index in [-0.39, 0.29) is 22.8 Å². The molecule has 1 spiro atoms. The molecular formula is C10H17ClN4O2S. The molecule has 6 nitrogen and oxygen atoms in total. The number of nitrogens with one attached hydrogen (secondary N) is 1. The molecule has 0 amide bonds. The number of aromatic nitrogens is 2. The van der Waals surface area contributed by atoms with Crippen molar-refractivity contribution in [2.24, 2.45) is 7.05 Å². The van der Waals surface area contributed by atoms with E-state index in [4.69, 9.17) is 0 Å². The zero-order chi connectivity index (χ0) is 12.1. The van der Waals surface area contributed by atoms with Crippen molar-refractivity contribution in [3.05, 3.63) is 12.4 Å². The molecule has 1 saturated carbocycles. The van der Waals surface area contributed by atoms with Crippen LogP contribution in [0.25, 0.3) is 0 Å². The van der Waals surface area contributed by atoms with E-state index in [0.717, 1.165) is 19.4 Å². The second-order valence-corrected chi connectivity index (χ2v) is 6.83. The van der Waals surface area contributed by atoms with E-state index in [0.29, 0.717) is 13.1 Å². The predicted octanol–water partition coefficient (Wildman–Crippen LogP) is -0.0316. The SMILES string of the molecule is Cl.Cn1cc(S(=O)(=O)N2CCNC3(CC3)C2)cn1. The van der Waals surface area contributed by atoms with E-state index < -0.39 is 10.0 Å². The third-order valence-corrected chi connectivity index (χ3v) is 5.31. The Labute approximate surface area is 113 Å². The van der Waals surface area contributed by atoms with Crippen LogP contribution in [0.15, 0.2) is 17.3 Å². The molecule has 1 aliphatic heterocycles. The highest BCUT2D eigenvalue weighted by atomic mass is 35.5. The summed E-state index contributed by atoms with van der Waals surface area (Å²) >= 11 is 0. The number of nitrogens with zero attached hydrogens (tertiary/aromatic N) is 3. The van der Waals surface area contributed by atoms with E-state index in [9.17, 15) is 8.42 Å². The van der Waals surface area contributed by atoms with Gasteiger partial charge in [0.1, 0.15) is 4.90 Å². The Hall–Kier alpha value is -0.630. The van der Waals surface area contributed by atoms with Gasteiger partial charge in [0, 0.05) is 38.4 Å². The van der Waals surface area contributed by atoms with Crippen molar-refractivity contribution in [3.63, 3.8) is 0 Å². The maximum absolute atomic E-state index is 12.4. The molecule has 1 aromatic rings.